The lowest BCUT2D eigenvalue weighted by atomic mass is 10.1. The minimum absolute atomic E-state index is 0.152. The number of nitrogen functional groups attached to an aromatic ring is 1. The maximum Gasteiger partial charge on any atom is 0.253 e. The number of carbonyl (C=O) groups excluding carboxylic acids is 1. The summed E-state index contributed by atoms with van der Waals surface area (Å²) in [5.41, 5.74) is 15.8. The van der Waals surface area contributed by atoms with Crippen molar-refractivity contribution in [1.82, 2.24) is 9.55 Å². The first kappa shape index (κ1) is 15.5. The summed E-state index contributed by atoms with van der Waals surface area (Å²) in [4.78, 5) is 16.7. The topological polar surface area (TPSA) is 107 Å². The molecule has 25 heavy (non-hydrogen) atoms. The van der Waals surface area contributed by atoms with Gasteiger partial charge in [0.05, 0.1) is 16.8 Å². The summed E-state index contributed by atoms with van der Waals surface area (Å²) in [5.74, 6) is -0.227. The number of anilines is 1. The van der Waals surface area contributed by atoms with Gasteiger partial charge >= 0.3 is 0 Å². The van der Waals surface area contributed by atoms with Gasteiger partial charge in [0, 0.05) is 27.1 Å². The third-order valence-corrected chi connectivity index (χ3v) is 5.24. The number of hydrogen-bond donors (Lipinski definition) is 3. The second kappa shape index (κ2) is 5.22. The van der Waals surface area contributed by atoms with Crippen LogP contribution in [0.5, 0.6) is 5.75 Å². The molecule has 0 radical (unpaired) electrons. The van der Waals surface area contributed by atoms with Gasteiger partial charge in [-0.25, -0.2) is 4.98 Å². The lowest BCUT2D eigenvalue weighted by molar-refractivity contribution is 0.100. The van der Waals surface area contributed by atoms with Crippen molar-refractivity contribution in [1.29, 1.82) is 0 Å². The third-order valence-electron chi connectivity index (χ3n) is 4.49. The zero-order chi connectivity index (χ0) is 17.9. The Morgan fingerprint density at radius 3 is 2.76 bits per heavy atom. The number of pyridine rings is 1. The minimum Gasteiger partial charge on any atom is -0.508 e. The molecule has 4 rings (SSSR count). The molecule has 0 bridgehead atoms. The number of nitrogens with zero attached hydrogens (tertiary/aromatic N) is 2. The smallest absolute Gasteiger partial charge is 0.253 e. The average molecular weight is 352 g/mol. The van der Waals surface area contributed by atoms with Crippen molar-refractivity contribution in [2.24, 2.45) is 5.73 Å². The number of nitrogens with two attached hydrogens (primary N) is 2. The standard InChI is InChI=1S/C18H16N4O2S/c1-8-3-4-13(23)9(2)15(8)22-16(19)14(17(20)24)11-5-10-6-25-7-12(10)21-18(11)22/h3-7,23H,19H2,1-2H3,(H2,20,24). The van der Waals surface area contributed by atoms with E-state index in [2.05, 4.69) is 0 Å². The molecule has 3 heterocycles. The largest absolute Gasteiger partial charge is 0.508 e. The Morgan fingerprint density at radius 2 is 2.04 bits per heavy atom. The van der Waals surface area contributed by atoms with E-state index in [9.17, 15) is 9.90 Å². The van der Waals surface area contributed by atoms with Crippen LogP contribution in [0.3, 0.4) is 0 Å². The predicted molar refractivity (Wildman–Crippen MR) is 101 cm³/mol. The van der Waals surface area contributed by atoms with Gasteiger partial charge in [0.1, 0.15) is 17.2 Å². The first-order chi connectivity index (χ1) is 11.9. The molecule has 0 aliphatic rings. The fourth-order valence-electron chi connectivity index (χ4n) is 3.27. The van der Waals surface area contributed by atoms with Gasteiger partial charge in [-0.15, -0.1) is 11.3 Å². The van der Waals surface area contributed by atoms with Crippen molar-refractivity contribution in [2.45, 2.75) is 13.8 Å². The van der Waals surface area contributed by atoms with E-state index < -0.39 is 5.91 Å². The predicted octanol–water partition coefficient (Wildman–Crippen LogP) is 3.24. The van der Waals surface area contributed by atoms with Crippen molar-refractivity contribution in [3.8, 4) is 11.4 Å². The van der Waals surface area contributed by atoms with Crippen LogP contribution in [-0.2, 0) is 0 Å². The van der Waals surface area contributed by atoms with Gasteiger partial charge in [0.2, 0.25) is 0 Å². The van der Waals surface area contributed by atoms with E-state index in [0.717, 1.165) is 16.5 Å². The summed E-state index contributed by atoms with van der Waals surface area (Å²) in [6.07, 6.45) is 0. The van der Waals surface area contributed by atoms with Crippen molar-refractivity contribution in [3.63, 3.8) is 0 Å². The van der Waals surface area contributed by atoms with Gasteiger partial charge in [-0.1, -0.05) is 6.07 Å². The number of benzene rings is 1. The van der Waals surface area contributed by atoms with Crippen molar-refractivity contribution in [2.75, 3.05) is 5.73 Å². The Balaban J connectivity index is 2.23. The Bertz CT molecular complexity index is 1170. The van der Waals surface area contributed by atoms with Crippen molar-refractivity contribution < 1.29 is 9.90 Å². The Kier molecular flexibility index (Phi) is 3.23. The summed E-state index contributed by atoms with van der Waals surface area (Å²) in [5, 5.41) is 15.6. The molecule has 6 nitrogen and oxygen atoms in total. The van der Waals surface area contributed by atoms with Gasteiger partial charge in [-0.2, -0.15) is 0 Å². The monoisotopic (exact) mass is 352 g/mol. The molecule has 0 fully saturated rings. The van der Waals surface area contributed by atoms with Gasteiger partial charge in [0.15, 0.2) is 0 Å². The van der Waals surface area contributed by atoms with Crippen LogP contribution in [0.25, 0.3) is 27.6 Å². The molecule has 1 amide bonds. The lowest BCUT2D eigenvalue weighted by Gasteiger charge is -2.15. The third kappa shape index (κ3) is 2.09. The van der Waals surface area contributed by atoms with Crippen LogP contribution in [0, 0.1) is 13.8 Å². The van der Waals surface area contributed by atoms with Gasteiger partial charge in [-0.05, 0) is 31.5 Å². The number of primary amides is 1. The summed E-state index contributed by atoms with van der Waals surface area (Å²) >= 11 is 1.54. The highest BCUT2D eigenvalue weighted by Crippen LogP contribution is 2.37. The van der Waals surface area contributed by atoms with E-state index in [4.69, 9.17) is 16.5 Å². The quantitative estimate of drug-likeness (QED) is 0.515. The molecule has 126 valence electrons. The van der Waals surface area contributed by atoms with Crippen LogP contribution in [0.1, 0.15) is 21.5 Å². The van der Waals surface area contributed by atoms with Crippen molar-refractivity contribution in [3.05, 3.63) is 45.6 Å². The number of thiophene rings is 1. The maximum absolute atomic E-state index is 12.0. The normalized spacial score (nSPS) is 11.4. The SMILES string of the molecule is Cc1ccc(O)c(C)c1-n1c(N)c(C(N)=O)c2cc3cscc3nc21. The highest BCUT2D eigenvalue weighted by Gasteiger charge is 2.24. The molecule has 0 saturated carbocycles. The summed E-state index contributed by atoms with van der Waals surface area (Å²) in [7, 11) is 0. The molecule has 0 unspecified atom stereocenters. The highest BCUT2D eigenvalue weighted by molar-refractivity contribution is 7.09. The maximum atomic E-state index is 12.0. The number of rotatable bonds is 2. The lowest BCUT2D eigenvalue weighted by Crippen LogP contribution is -2.14. The fraction of sp³-hybridized carbons (Fsp3) is 0.111. The Labute approximate surface area is 147 Å². The summed E-state index contributed by atoms with van der Waals surface area (Å²) in [6, 6.07) is 5.32. The molecule has 0 aliphatic carbocycles. The number of amides is 1. The van der Waals surface area contributed by atoms with Crippen LogP contribution >= 0.6 is 11.3 Å². The van der Waals surface area contributed by atoms with Crippen LogP contribution in [0.4, 0.5) is 5.82 Å². The summed E-state index contributed by atoms with van der Waals surface area (Å²) in [6.45, 7) is 3.72. The number of aromatic hydroxyl groups is 1. The number of aromatic nitrogens is 2. The number of carbonyl (C=O) groups is 1. The second-order valence-corrected chi connectivity index (χ2v) is 6.78. The molecule has 0 spiro atoms. The summed E-state index contributed by atoms with van der Waals surface area (Å²) < 4.78 is 1.71. The van der Waals surface area contributed by atoms with E-state index in [1.807, 2.05) is 23.8 Å². The fourth-order valence-corrected chi connectivity index (χ4v) is 3.99. The number of fused-ring (bicyclic) bond motifs is 2. The van der Waals surface area contributed by atoms with E-state index in [-0.39, 0.29) is 17.1 Å². The molecule has 5 N–H and O–H groups in total. The van der Waals surface area contributed by atoms with Gasteiger partial charge in [-0.3, -0.25) is 9.36 Å². The Hall–Kier alpha value is -3.06. The zero-order valence-corrected chi connectivity index (χ0v) is 14.5. The number of hydrogen-bond acceptors (Lipinski definition) is 5. The zero-order valence-electron chi connectivity index (χ0n) is 13.7. The van der Waals surface area contributed by atoms with Gasteiger partial charge in [0.25, 0.3) is 5.91 Å². The number of phenolic OH excluding ortho intramolecular Hbond substituents is 1. The molecule has 0 atom stereocenters. The van der Waals surface area contributed by atoms with E-state index in [1.165, 1.54) is 11.3 Å². The van der Waals surface area contributed by atoms with E-state index in [1.54, 1.807) is 23.6 Å². The second-order valence-electron chi connectivity index (χ2n) is 6.04. The average Bonchev–Trinajstić information content (AvgIpc) is 3.11. The Morgan fingerprint density at radius 1 is 1.28 bits per heavy atom. The number of phenols is 1. The molecule has 0 aliphatic heterocycles. The molecular formula is C18H16N4O2S. The first-order valence-electron chi connectivity index (χ1n) is 7.66. The molecule has 7 heteroatoms. The van der Waals surface area contributed by atoms with Crippen LogP contribution in [-0.4, -0.2) is 20.6 Å². The molecular weight excluding hydrogens is 336 g/mol. The first-order valence-corrected chi connectivity index (χ1v) is 8.60. The molecule has 0 saturated heterocycles. The highest BCUT2D eigenvalue weighted by atomic mass is 32.1. The van der Waals surface area contributed by atoms with Crippen LogP contribution < -0.4 is 11.5 Å². The number of aryl methyl sites for hydroxylation is 1. The van der Waals surface area contributed by atoms with Gasteiger partial charge < -0.3 is 16.6 Å². The van der Waals surface area contributed by atoms with E-state index in [0.29, 0.717) is 22.3 Å². The van der Waals surface area contributed by atoms with E-state index >= 15 is 0 Å². The minimum atomic E-state index is -0.604. The molecule has 3 aromatic heterocycles. The molecule has 4 aromatic rings. The van der Waals surface area contributed by atoms with Crippen LogP contribution in [0.15, 0.2) is 29.0 Å². The van der Waals surface area contributed by atoms with Crippen LogP contribution in [0.2, 0.25) is 0 Å². The van der Waals surface area contributed by atoms with Crippen molar-refractivity contribution >= 4 is 45.0 Å². The molecule has 1 aromatic carbocycles.